The molecule has 3 N–H and O–H groups in total. The van der Waals surface area contributed by atoms with Gasteiger partial charge in [0.15, 0.2) is 6.61 Å². The van der Waals surface area contributed by atoms with E-state index < -0.39 is 0 Å². The lowest BCUT2D eigenvalue weighted by atomic mass is 9.99. The third kappa shape index (κ3) is 5.30. The number of piperidine rings is 1. The van der Waals surface area contributed by atoms with Crippen LogP contribution < -0.4 is 20.7 Å². The normalized spacial score (nSPS) is 18.7. The Hall–Kier alpha value is -3.06. The van der Waals surface area contributed by atoms with Crippen molar-refractivity contribution in [1.82, 2.24) is 10.2 Å². The molecule has 3 amide bonds. The van der Waals surface area contributed by atoms with Crippen molar-refractivity contribution in [2.24, 2.45) is 5.92 Å². The summed E-state index contributed by atoms with van der Waals surface area (Å²) in [4.78, 5) is 26.1. The highest BCUT2D eigenvalue weighted by Gasteiger charge is 2.17. The fourth-order valence-electron chi connectivity index (χ4n) is 3.96. The molecule has 158 valence electrons. The second kappa shape index (κ2) is 9.17. The molecule has 7 nitrogen and oxygen atoms in total. The summed E-state index contributed by atoms with van der Waals surface area (Å²) in [5.41, 5.74) is 3.57. The number of nitrogens with zero attached hydrogens (tertiary/aromatic N) is 1. The van der Waals surface area contributed by atoms with Crippen molar-refractivity contribution in [3.8, 4) is 5.75 Å². The zero-order valence-corrected chi connectivity index (χ0v) is 17.2. The third-order valence-corrected chi connectivity index (χ3v) is 5.50. The molecule has 2 aliphatic rings. The Labute approximate surface area is 176 Å². The van der Waals surface area contributed by atoms with Crippen molar-refractivity contribution in [2.45, 2.75) is 32.9 Å². The lowest BCUT2D eigenvalue weighted by Gasteiger charge is -2.30. The number of hydrogen-bond acceptors (Lipinski definition) is 4. The summed E-state index contributed by atoms with van der Waals surface area (Å²) in [6, 6.07) is 13.3. The second-order valence-electron chi connectivity index (χ2n) is 8.15. The first-order chi connectivity index (χ1) is 14.5. The Kier molecular flexibility index (Phi) is 6.18. The van der Waals surface area contributed by atoms with Crippen LogP contribution in [0.2, 0.25) is 0 Å². The molecule has 0 aromatic heterocycles. The molecular weight excluding hydrogens is 380 g/mol. The quantitative estimate of drug-likeness (QED) is 0.706. The average Bonchev–Trinajstić information content (AvgIpc) is 2.73. The zero-order chi connectivity index (χ0) is 20.9. The molecule has 1 saturated heterocycles. The molecule has 2 heterocycles. The average molecular weight is 409 g/mol. The predicted octanol–water partition coefficient (Wildman–Crippen LogP) is 3.57. The summed E-state index contributed by atoms with van der Waals surface area (Å²) in [5, 5.41) is 8.39. The number of urea groups is 1. The van der Waals surface area contributed by atoms with Crippen LogP contribution >= 0.6 is 0 Å². The van der Waals surface area contributed by atoms with Crippen LogP contribution in [-0.2, 0) is 17.9 Å². The van der Waals surface area contributed by atoms with Crippen LogP contribution in [0.25, 0.3) is 0 Å². The predicted molar refractivity (Wildman–Crippen MR) is 117 cm³/mol. The number of carbonyl (C=O) groups excluding carboxylic acids is 2. The van der Waals surface area contributed by atoms with Gasteiger partial charge in [-0.25, -0.2) is 4.79 Å². The summed E-state index contributed by atoms with van der Waals surface area (Å²) < 4.78 is 5.37. The molecule has 30 heavy (non-hydrogen) atoms. The summed E-state index contributed by atoms with van der Waals surface area (Å²) >= 11 is 0. The fourth-order valence-corrected chi connectivity index (χ4v) is 3.96. The van der Waals surface area contributed by atoms with Crippen molar-refractivity contribution in [1.29, 1.82) is 0 Å². The van der Waals surface area contributed by atoms with Gasteiger partial charge in [0.05, 0.1) is 5.69 Å². The molecule has 4 rings (SSSR count). The van der Waals surface area contributed by atoms with E-state index in [-0.39, 0.29) is 18.5 Å². The van der Waals surface area contributed by atoms with Gasteiger partial charge in [0.1, 0.15) is 5.75 Å². The van der Waals surface area contributed by atoms with Gasteiger partial charge in [0.25, 0.3) is 5.91 Å². The number of fused-ring (bicyclic) bond motifs is 1. The van der Waals surface area contributed by atoms with Gasteiger partial charge in [-0.3, -0.25) is 9.69 Å². The number of benzene rings is 2. The lowest BCUT2D eigenvalue weighted by Crippen LogP contribution is -2.33. The summed E-state index contributed by atoms with van der Waals surface area (Å²) in [7, 11) is 0. The molecule has 2 aromatic carbocycles. The van der Waals surface area contributed by atoms with Crippen molar-refractivity contribution >= 4 is 23.3 Å². The van der Waals surface area contributed by atoms with E-state index in [4.69, 9.17) is 4.74 Å². The van der Waals surface area contributed by atoms with Crippen molar-refractivity contribution < 1.29 is 14.3 Å². The van der Waals surface area contributed by atoms with E-state index in [0.717, 1.165) is 18.0 Å². The number of carbonyl (C=O) groups is 2. The first kappa shape index (κ1) is 20.2. The number of rotatable bonds is 5. The van der Waals surface area contributed by atoms with Gasteiger partial charge >= 0.3 is 6.03 Å². The minimum absolute atomic E-state index is 0.0184. The van der Waals surface area contributed by atoms with E-state index in [0.29, 0.717) is 23.7 Å². The van der Waals surface area contributed by atoms with E-state index >= 15 is 0 Å². The van der Waals surface area contributed by atoms with Crippen LogP contribution in [0.5, 0.6) is 5.75 Å². The molecule has 1 unspecified atom stereocenters. The van der Waals surface area contributed by atoms with E-state index in [1.807, 2.05) is 0 Å². The summed E-state index contributed by atoms with van der Waals surface area (Å²) in [6.45, 7) is 6.08. The van der Waals surface area contributed by atoms with E-state index in [9.17, 15) is 9.59 Å². The van der Waals surface area contributed by atoms with Crippen LogP contribution in [0.3, 0.4) is 0 Å². The zero-order valence-electron chi connectivity index (χ0n) is 17.2. The van der Waals surface area contributed by atoms with E-state index in [1.54, 1.807) is 18.2 Å². The maximum absolute atomic E-state index is 12.2. The number of ether oxygens (including phenoxy) is 1. The number of anilines is 2. The van der Waals surface area contributed by atoms with E-state index in [2.05, 4.69) is 52.0 Å². The smallest absolute Gasteiger partial charge is 0.319 e. The first-order valence-electron chi connectivity index (χ1n) is 10.5. The Morgan fingerprint density at radius 3 is 2.80 bits per heavy atom. The monoisotopic (exact) mass is 408 g/mol. The minimum Gasteiger partial charge on any atom is -0.482 e. The van der Waals surface area contributed by atoms with Crippen molar-refractivity contribution in [3.05, 3.63) is 53.6 Å². The van der Waals surface area contributed by atoms with Crippen LogP contribution in [0.15, 0.2) is 42.5 Å². The van der Waals surface area contributed by atoms with Crippen LogP contribution in [0.1, 0.15) is 30.9 Å². The van der Waals surface area contributed by atoms with Gasteiger partial charge in [-0.15, -0.1) is 0 Å². The Morgan fingerprint density at radius 2 is 2.00 bits per heavy atom. The van der Waals surface area contributed by atoms with Crippen molar-refractivity contribution in [3.63, 3.8) is 0 Å². The van der Waals surface area contributed by atoms with Gasteiger partial charge in [-0.05, 0) is 48.6 Å². The topological polar surface area (TPSA) is 82.7 Å². The Bertz CT molecular complexity index is 913. The standard InChI is InChI=1S/C23H28N4O3/c1-16-3-2-10-27(13-16)14-18-6-4-17(5-7-18)12-24-23(29)25-19-8-9-20-21(11-19)30-15-22(28)26-20/h4-9,11,16H,2-3,10,12-15H2,1H3,(H,26,28)(H2,24,25,29). The number of nitrogens with one attached hydrogen (secondary N) is 3. The Balaban J connectivity index is 1.25. The second-order valence-corrected chi connectivity index (χ2v) is 8.15. The Morgan fingerprint density at radius 1 is 1.20 bits per heavy atom. The van der Waals surface area contributed by atoms with E-state index in [1.165, 1.54) is 31.5 Å². The molecule has 1 fully saturated rings. The van der Waals surface area contributed by atoms with Gasteiger partial charge in [0.2, 0.25) is 0 Å². The lowest BCUT2D eigenvalue weighted by molar-refractivity contribution is -0.118. The molecule has 2 aromatic rings. The number of likely N-dealkylation sites (tertiary alicyclic amines) is 1. The highest BCUT2D eigenvalue weighted by atomic mass is 16.5. The van der Waals surface area contributed by atoms with Crippen LogP contribution in [0.4, 0.5) is 16.2 Å². The molecule has 7 heteroatoms. The van der Waals surface area contributed by atoms with Crippen LogP contribution in [0, 0.1) is 5.92 Å². The van der Waals surface area contributed by atoms with Crippen LogP contribution in [-0.4, -0.2) is 36.5 Å². The molecule has 0 saturated carbocycles. The van der Waals surface area contributed by atoms with Crippen molar-refractivity contribution in [2.75, 3.05) is 30.3 Å². The third-order valence-electron chi connectivity index (χ3n) is 5.50. The minimum atomic E-state index is -0.291. The van der Waals surface area contributed by atoms with Gasteiger partial charge in [-0.2, -0.15) is 0 Å². The SMILES string of the molecule is CC1CCCN(Cc2ccc(CNC(=O)Nc3ccc4c(c3)OCC(=O)N4)cc2)C1. The van der Waals surface area contributed by atoms with Gasteiger partial charge in [-0.1, -0.05) is 31.2 Å². The molecule has 0 bridgehead atoms. The molecule has 0 spiro atoms. The largest absolute Gasteiger partial charge is 0.482 e. The molecule has 2 aliphatic heterocycles. The maximum atomic E-state index is 12.2. The molecule has 0 aliphatic carbocycles. The van der Waals surface area contributed by atoms with Gasteiger partial charge < -0.3 is 20.7 Å². The molecular formula is C23H28N4O3. The highest BCUT2D eigenvalue weighted by Crippen LogP contribution is 2.30. The van der Waals surface area contributed by atoms with Gasteiger partial charge in [0, 0.05) is 31.4 Å². The number of hydrogen-bond donors (Lipinski definition) is 3. The molecule has 0 radical (unpaired) electrons. The maximum Gasteiger partial charge on any atom is 0.319 e. The highest BCUT2D eigenvalue weighted by molar-refractivity contribution is 5.96. The number of amides is 3. The first-order valence-corrected chi connectivity index (χ1v) is 10.5. The summed E-state index contributed by atoms with van der Waals surface area (Å²) in [6.07, 6.45) is 2.61. The molecule has 1 atom stereocenters. The fraction of sp³-hybridized carbons (Fsp3) is 0.391. The summed E-state index contributed by atoms with van der Waals surface area (Å²) in [5.74, 6) is 1.14.